The maximum atomic E-state index is 13.2. The lowest BCUT2D eigenvalue weighted by molar-refractivity contribution is 0.102. The van der Waals surface area contributed by atoms with Crippen molar-refractivity contribution < 1.29 is 4.79 Å². The van der Waals surface area contributed by atoms with E-state index in [1.165, 1.54) is 17.4 Å². The SMILES string of the molecule is CCCCCNCc1cccc(-c2nc3c(C(=O)Nc4ccccn4)cccc3c(=O)n2C)c1. The molecule has 174 valence electrons. The predicted molar refractivity (Wildman–Crippen MR) is 136 cm³/mol. The highest BCUT2D eigenvalue weighted by Crippen LogP contribution is 2.22. The second-order valence-electron chi connectivity index (χ2n) is 8.25. The van der Waals surface area contributed by atoms with Gasteiger partial charge in [0.1, 0.15) is 11.6 Å². The maximum Gasteiger partial charge on any atom is 0.261 e. The van der Waals surface area contributed by atoms with Gasteiger partial charge in [-0.05, 0) is 48.9 Å². The fraction of sp³-hybridized carbons (Fsp3) is 0.259. The third-order valence-electron chi connectivity index (χ3n) is 5.73. The van der Waals surface area contributed by atoms with Gasteiger partial charge in [-0.2, -0.15) is 0 Å². The van der Waals surface area contributed by atoms with Crippen LogP contribution in [0.25, 0.3) is 22.3 Å². The monoisotopic (exact) mass is 455 g/mol. The first-order valence-electron chi connectivity index (χ1n) is 11.6. The number of amides is 1. The minimum absolute atomic E-state index is 0.199. The van der Waals surface area contributed by atoms with Gasteiger partial charge in [0.2, 0.25) is 0 Å². The highest BCUT2D eigenvalue weighted by atomic mass is 16.2. The molecule has 0 radical (unpaired) electrons. The molecule has 0 unspecified atom stereocenters. The van der Waals surface area contributed by atoms with Gasteiger partial charge in [0.25, 0.3) is 11.5 Å². The zero-order valence-corrected chi connectivity index (χ0v) is 19.5. The molecule has 0 saturated carbocycles. The Kier molecular flexibility index (Phi) is 7.44. The van der Waals surface area contributed by atoms with Gasteiger partial charge in [-0.15, -0.1) is 0 Å². The first kappa shape index (κ1) is 23.3. The molecule has 0 aliphatic carbocycles. The zero-order chi connectivity index (χ0) is 23.9. The molecule has 0 aliphatic heterocycles. The van der Waals surface area contributed by atoms with E-state index in [0.29, 0.717) is 28.1 Å². The van der Waals surface area contributed by atoms with Crippen molar-refractivity contribution in [1.82, 2.24) is 19.9 Å². The topological polar surface area (TPSA) is 88.9 Å². The van der Waals surface area contributed by atoms with Crippen molar-refractivity contribution in [3.8, 4) is 11.4 Å². The van der Waals surface area contributed by atoms with E-state index in [9.17, 15) is 9.59 Å². The molecule has 0 fully saturated rings. The fourth-order valence-electron chi connectivity index (χ4n) is 3.91. The van der Waals surface area contributed by atoms with Gasteiger partial charge in [-0.1, -0.05) is 50.1 Å². The quantitative estimate of drug-likeness (QED) is 0.362. The summed E-state index contributed by atoms with van der Waals surface area (Å²) in [5, 5.41) is 6.65. The second-order valence-corrected chi connectivity index (χ2v) is 8.25. The molecule has 0 bridgehead atoms. The number of nitrogens with zero attached hydrogens (tertiary/aromatic N) is 3. The molecule has 2 aromatic heterocycles. The van der Waals surface area contributed by atoms with Crippen molar-refractivity contribution in [1.29, 1.82) is 0 Å². The Morgan fingerprint density at radius 3 is 2.68 bits per heavy atom. The lowest BCUT2D eigenvalue weighted by atomic mass is 10.1. The average Bonchev–Trinajstić information content (AvgIpc) is 2.86. The average molecular weight is 456 g/mol. The van der Waals surface area contributed by atoms with Crippen molar-refractivity contribution in [3.63, 3.8) is 0 Å². The Balaban J connectivity index is 1.68. The molecule has 0 aliphatic rings. The summed E-state index contributed by atoms with van der Waals surface area (Å²) in [6.45, 7) is 3.91. The van der Waals surface area contributed by atoms with E-state index < -0.39 is 0 Å². The number of anilines is 1. The molecule has 2 N–H and O–H groups in total. The first-order valence-corrected chi connectivity index (χ1v) is 11.6. The van der Waals surface area contributed by atoms with Crippen molar-refractivity contribution in [2.45, 2.75) is 32.7 Å². The number of carbonyl (C=O) groups is 1. The fourth-order valence-corrected chi connectivity index (χ4v) is 3.91. The van der Waals surface area contributed by atoms with Crippen LogP contribution in [0.2, 0.25) is 0 Å². The Bertz CT molecular complexity index is 1350. The summed E-state index contributed by atoms with van der Waals surface area (Å²) in [4.78, 5) is 35.1. The first-order chi connectivity index (χ1) is 16.6. The number of hydrogen-bond acceptors (Lipinski definition) is 5. The molecule has 2 heterocycles. The molecule has 1 amide bonds. The normalized spacial score (nSPS) is 11.0. The predicted octanol–water partition coefficient (Wildman–Crippen LogP) is 4.53. The van der Waals surface area contributed by atoms with E-state index in [1.807, 2.05) is 18.2 Å². The number of benzene rings is 2. The van der Waals surface area contributed by atoms with Gasteiger partial charge in [-0.25, -0.2) is 9.97 Å². The lowest BCUT2D eigenvalue weighted by Gasteiger charge is -2.13. The molecule has 4 rings (SSSR count). The Hall–Kier alpha value is -3.84. The smallest absolute Gasteiger partial charge is 0.261 e. The van der Waals surface area contributed by atoms with E-state index in [2.05, 4.69) is 28.6 Å². The molecule has 7 nitrogen and oxygen atoms in total. The van der Waals surface area contributed by atoms with Gasteiger partial charge in [0, 0.05) is 25.4 Å². The van der Waals surface area contributed by atoms with Crippen LogP contribution in [0.15, 0.2) is 71.7 Å². The third-order valence-corrected chi connectivity index (χ3v) is 5.73. The van der Waals surface area contributed by atoms with Crippen molar-refractivity contribution in [3.05, 3.63) is 88.3 Å². The summed E-state index contributed by atoms with van der Waals surface area (Å²) in [5.74, 6) is 0.595. The van der Waals surface area contributed by atoms with E-state index in [-0.39, 0.29) is 11.5 Å². The van der Waals surface area contributed by atoms with E-state index in [1.54, 1.807) is 49.6 Å². The minimum Gasteiger partial charge on any atom is -0.313 e. The number of nitrogens with one attached hydrogen (secondary N) is 2. The van der Waals surface area contributed by atoms with Crippen molar-refractivity contribution >= 4 is 22.6 Å². The number of aromatic nitrogens is 3. The highest BCUT2D eigenvalue weighted by molar-refractivity contribution is 6.11. The Morgan fingerprint density at radius 2 is 1.88 bits per heavy atom. The molecule has 7 heteroatoms. The maximum absolute atomic E-state index is 13.2. The number of pyridine rings is 1. The molecule has 34 heavy (non-hydrogen) atoms. The van der Waals surface area contributed by atoms with Crippen LogP contribution < -0.4 is 16.2 Å². The van der Waals surface area contributed by atoms with E-state index in [4.69, 9.17) is 4.98 Å². The molecular formula is C27H29N5O2. The van der Waals surface area contributed by atoms with Crippen LogP contribution in [-0.4, -0.2) is 27.0 Å². The summed E-state index contributed by atoms with van der Waals surface area (Å²) in [7, 11) is 1.71. The van der Waals surface area contributed by atoms with E-state index >= 15 is 0 Å². The molecule has 2 aromatic carbocycles. The second kappa shape index (κ2) is 10.9. The Morgan fingerprint density at radius 1 is 1.03 bits per heavy atom. The standard InChI is InChI=1S/C27H29N5O2/c1-3-4-6-15-28-18-19-10-8-11-20(17-19)25-31-24-21(12-9-13-22(24)27(34)32(25)2)26(33)30-23-14-5-7-16-29-23/h5,7-14,16-17,28H,3-4,6,15,18H2,1-2H3,(H,29,30,33). The van der Waals surface area contributed by atoms with Crippen LogP contribution in [0.4, 0.5) is 5.82 Å². The summed E-state index contributed by atoms with van der Waals surface area (Å²) >= 11 is 0. The lowest BCUT2D eigenvalue weighted by Crippen LogP contribution is -2.22. The highest BCUT2D eigenvalue weighted by Gasteiger charge is 2.17. The van der Waals surface area contributed by atoms with Crippen LogP contribution in [-0.2, 0) is 13.6 Å². The number of rotatable bonds is 9. The zero-order valence-electron chi connectivity index (χ0n) is 19.5. The van der Waals surface area contributed by atoms with Crippen LogP contribution in [0, 0.1) is 0 Å². The van der Waals surface area contributed by atoms with Crippen molar-refractivity contribution in [2.24, 2.45) is 7.05 Å². The van der Waals surface area contributed by atoms with Gasteiger partial charge in [0.15, 0.2) is 0 Å². The van der Waals surface area contributed by atoms with Crippen LogP contribution in [0.3, 0.4) is 0 Å². The summed E-state index contributed by atoms with van der Waals surface area (Å²) < 4.78 is 1.54. The summed E-state index contributed by atoms with van der Waals surface area (Å²) in [5.41, 5.74) is 2.45. The number of unbranched alkanes of at least 4 members (excludes halogenated alkanes) is 2. The number of fused-ring (bicyclic) bond motifs is 1. The Labute approximate surface area is 198 Å². The number of para-hydroxylation sites is 1. The molecular weight excluding hydrogens is 426 g/mol. The van der Waals surface area contributed by atoms with Gasteiger partial charge >= 0.3 is 0 Å². The molecule has 0 saturated heterocycles. The van der Waals surface area contributed by atoms with Gasteiger partial charge in [0.05, 0.1) is 16.5 Å². The van der Waals surface area contributed by atoms with Crippen LogP contribution >= 0.6 is 0 Å². The minimum atomic E-state index is -0.360. The number of hydrogen-bond donors (Lipinski definition) is 2. The summed E-state index contributed by atoms with van der Waals surface area (Å²) in [6.07, 6.45) is 5.17. The largest absolute Gasteiger partial charge is 0.313 e. The van der Waals surface area contributed by atoms with Gasteiger partial charge in [-0.3, -0.25) is 14.2 Å². The van der Waals surface area contributed by atoms with E-state index in [0.717, 1.165) is 30.6 Å². The van der Waals surface area contributed by atoms with Gasteiger partial charge < -0.3 is 10.6 Å². The molecule has 0 atom stereocenters. The number of carbonyl (C=O) groups excluding carboxylic acids is 1. The molecule has 4 aromatic rings. The van der Waals surface area contributed by atoms with Crippen LogP contribution in [0.5, 0.6) is 0 Å². The van der Waals surface area contributed by atoms with Crippen molar-refractivity contribution in [2.75, 3.05) is 11.9 Å². The summed E-state index contributed by atoms with van der Waals surface area (Å²) in [6, 6.07) is 18.4. The third kappa shape index (κ3) is 5.21. The molecule has 0 spiro atoms. The van der Waals surface area contributed by atoms with Crippen LogP contribution in [0.1, 0.15) is 42.1 Å².